The Labute approximate surface area is 239 Å². The molecule has 0 unspecified atom stereocenters. The van der Waals surface area contributed by atoms with E-state index in [-0.39, 0.29) is 0 Å². The van der Waals surface area contributed by atoms with Crippen molar-refractivity contribution in [3.63, 3.8) is 0 Å². The molecular weight excluding hydrogens is 482 g/mol. The minimum atomic E-state index is 1.07. The molecule has 5 rings (SSSR count). The Morgan fingerprint density at radius 3 is 1.48 bits per heavy atom. The highest BCUT2D eigenvalue weighted by molar-refractivity contribution is 6.12. The zero-order valence-corrected chi connectivity index (χ0v) is 23.8. The highest BCUT2D eigenvalue weighted by Crippen LogP contribution is 2.45. The third kappa shape index (κ3) is 5.25. The van der Waals surface area contributed by atoms with Gasteiger partial charge in [0.15, 0.2) is 0 Å². The largest absolute Gasteiger partial charge is 0.323 e. The predicted molar refractivity (Wildman–Crippen MR) is 180 cm³/mol. The van der Waals surface area contributed by atoms with Crippen LogP contribution in [0, 0.1) is 6.92 Å². The van der Waals surface area contributed by atoms with Crippen LogP contribution in [0.1, 0.15) is 27.8 Å². The first-order valence-corrected chi connectivity index (χ1v) is 13.5. The van der Waals surface area contributed by atoms with Crippen molar-refractivity contribution in [2.24, 2.45) is 0 Å². The van der Waals surface area contributed by atoms with Gasteiger partial charge in [-0.05, 0) is 93.0 Å². The van der Waals surface area contributed by atoms with Crippen molar-refractivity contribution in [3.8, 4) is 33.4 Å². The minimum Gasteiger partial charge on any atom is -0.323 e. The number of hydrogen-bond acceptors (Lipinski definition) is 1. The second-order valence-corrected chi connectivity index (χ2v) is 9.64. The SMILES string of the molecule is C=Cc1c(C)ccc(-c2c(C=C)c(C=C)c(-c3ccc(-c4ccccc4)cc3)c3ccccc23)c1C=C.CNC. The van der Waals surface area contributed by atoms with Crippen molar-refractivity contribution in [1.29, 1.82) is 0 Å². The molecule has 0 amide bonds. The second kappa shape index (κ2) is 12.9. The van der Waals surface area contributed by atoms with E-state index in [2.05, 4.69) is 123 Å². The first-order chi connectivity index (χ1) is 19.5. The summed E-state index contributed by atoms with van der Waals surface area (Å²) in [6, 6.07) is 32.2. The van der Waals surface area contributed by atoms with Gasteiger partial charge in [0, 0.05) is 0 Å². The van der Waals surface area contributed by atoms with E-state index in [0.717, 1.165) is 38.9 Å². The molecule has 5 aromatic carbocycles. The summed E-state index contributed by atoms with van der Waals surface area (Å²) in [7, 11) is 3.75. The molecular formula is C39H37N. The van der Waals surface area contributed by atoms with Gasteiger partial charge >= 0.3 is 0 Å². The van der Waals surface area contributed by atoms with Crippen molar-refractivity contribution in [3.05, 3.63) is 145 Å². The monoisotopic (exact) mass is 519 g/mol. The summed E-state index contributed by atoms with van der Waals surface area (Å²) in [5.74, 6) is 0. The van der Waals surface area contributed by atoms with Crippen LogP contribution in [-0.2, 0) is 0 Å². The summed E-state index contributed by atoms with van der Waals surface area (Å²) < 4.78 is 0. The number of fused-ring (bicyclic) bond motifs is 1. The molecule has 0 heterocycles. The molecule has 0 atom stereocenters. The molecule has 40 heavy (non-hydrogen) atoms. The van der Waals surface area contributed by atoms with Crippen LogP contribution in [0.15, 0.2) is 117 Å². The Kier molecular flexibility index (Phi) is 9.11. The third-order valence-electron chi connectivity index (χ3n) is 7.17. The average Bonchev–Trinajstić information content (AvgIpc) is 3.00. The second-order valence-electron chi connectivity index (χ2n) is 9.64. The van der Waals surface area contributed by atoms with Gasteiger partial charge in [-0.15, -0.1) is 0 Å². The van der Waals surface area contributed by atoms with Gasteiger partial charge in [0.25, 0.3) is 0 Å². The molecule has 0 saturated heterocycles. The third-order valence-corrected chi connectivity index (χ3v) is 7.17. The van der Waals surface area contributed by atoms with E-state index >= 15 is 0 Å². The predicted octanol–water partition coefficient (Wildman–Crippen LogP) is 10.6. The van der Waals surface area contributed by atoms with Gasteiger partial charge in [-0.25, -0.2) is 0 Å². The molecule has 5 aromatic rings. The van der Waals surface area contributed by atoms with Crippen LogP contribution in [0.3, 0.4) is 0 Å². The van der Waals surface area contributed by atoms with E-state index in [0.29, 0.717) is 0 Å². The van der Waals surface area contributed by atoms with Crippen LogP contribution in [-0.4, -0.2) is 14.1 Å². The average molecular weight is 520 g/mol. The molecule has 0 aromatic heterocycles. The lowest BCUT2D eigenvalue weighted by molar-refractivity contribution is 1.02. The zero-order chi connectivity index (χ0) is 28.6. The lowest BCUT2D eigenvalue weighted by Gasteiger charge is -2.22. The van der Waals surface area contributed by atoms with Crippen LogP contribution in [0.5, 0.6) is 0 Å². The first kappa shape index (κ1) is 28.3. The molecule has 0 aliphatic carbocycles. The molecule has 1 heteroatoms. The summed E-state index contributed by atoms with van der Waals surface area (Å²) in [6.07, 6.45) is 7.78. The molecule has 0 bridgehead atoms. The number of aryl methyl sites for hydroxylation is 1. The van der Waals surface area contributed by atoms with Gasteiger partial charge < -0.3 is 5.32 Å². The highest BCUT2D eigenvalue weighted by atomic mass is 14.7. The molecule has 0 spiro atoms. The zero-order valence-electron chi connectivity index (χ0n) is 23.8. The van der Waals surface area contributed by atoms with Crippen LogP contribution < -0.4 is 5.32 Å². The topological polar surface area (TPSA) is 12.0 Å². The summed E-state index contributed by atoms with van der Waals surface area (Å²) >= 11 is 0. The summed E-state index contributed by atoms with van der Waals surface area (Å²) in [5.41, 5.74) is 12.5. The fourth-order valence-corrected chi connectivity index (χ4v) is 5.42. The first-order valence-electron chi connectivity index (χ1n) is 13.5. The van der Waals surface area contributed by atoms with Crippen molar-refractivity contribution >= 4 is 35.1 Å². The molecule has 1 nitrogen and oxygen atoms in total. The maximum absolute atomic E-state index is 4.24. The van der Waals surface area contributed by atoms with Gasteiger partial charge in [-0.2, -0.15) is 0 Å². The van der Waals surface area contributed by atoms with Crippen LogP contribution >= 0.6 is 0 Å². The van der Waals surface area contributed by atoms with E-state index in [1.807, 2.05) is 44.5 Å². The Morgan fingerprint density at radius 1 is 0.475 bits per heavy atom. The van der Waals surface area contributed by atoms with Gasteiger partial charge in [0.2, 0.25) is 0 Å². The summed E-state index contributed by atoms with van der Waals surface area (Å²) in [6.45, 7) is 18.8. The van der Waals surface area contributed by atoms with Gasteiger partial charge in [-0.3, -0.25) is 0 Å². The minimum absolute atomic E-state index is 1.07. The van der Waals surface area contributed by atoms with Gasteiger partial charge in [-0.1, -0.05) is 142 Å². The number of nitrogens with one attached hydrogen (secondary N) is 1. The fourth-order valence-electron chi connectivity index (χ4n) is 5.42. The highest BCUT2D eigenvalue weighted by Gasteiger charge is 2.21. The number of rotatable bonds is 7. The van der Waals surface area contributed by atoms with E-state index in [1.165, 1.54) is 33.0 Å². The quantitative estimate of drug-likeness (QED) is 0.225. The standard InChI is InChI=1S/C37H30.C2H7N/c1-6-29-25(5)19-24-35(30(29)7-2)37-32(9-4)31(8-3)36(33-17-13-14-18-34(33)37)28-22-20-27(21-23-28)26-15-11-10-12-16-26;1-3-2/h6-24H,1-4H2,5H3;3H,1-2H3. The molecule has 0 radical (unpaired) electrons. The van der Waals surface area contributed by atoms with Crippen molar-refractivity contribution in [2.75, 3.05) is 14.1 Å². The van der Waals surface area contributed by atoms with Crippen molar-refractivity contribution < 1.29 is 0 Å². The smallest absolute Gasteiger partial charge is 0.00204 e. The molecule has 0 fully saturated rings. The molecule has 1 N–H and O–H groups in total. The van der Waals surface area contributed by atoms with Gasteiger partial charge in [0.05, 0.1) is 0 Å². The molecule has 0 aliphatic rings. The summed E-state index contributed by atoms with van der Waals surface area (Å²) in [5, 5.41) is 5.10. The maximum atomic E-state index is 4.24. The van der Waals surface area contributed by atoms with Crippen molar-refractivity contribution in [1.82, 2.24) is 5.32 Å². The Hall–Kier alpha value is -4.72. The molecule has 198 valence electrons. The summed E-state index contributed by atoms with van der Waals surface area (Å²) in [4.78, 5) is 0. The van der Waals surface area contributed by atoms with E-state index in [9.17, 15) is 0 Å². The lowest BCUT2D eigenvalue weighted by Crippen LogP contribution is -1.99. The lowest BCUT2D eigenvalue weighted by atomic mass is 9.81. The number of benzene rings is 5. The van der Waals surface area contributed by atoms with Crippen molar-refractivity contribution in [2.45, 2.75) is 6.92 Å². The van der Waals surface area contributed by atoms with Gasteiger partial charge in [0.1, 0.15) is 0 Å². The van der Waals surface area contributed by atoms with Crippen LogP contribution in [0.2, 0.25) is 0 Å². The fraction of sp³-hybridized carbons (Fsp3) is 0.0769. The number of hydrogen-bond donors (Lipinski definition) is 1. The maximum Gasteiger partial charge on any atom is -0.00204 e. The Bertz CT molecular complexity index is 1690. The molecule has 0 aliphatic heterocycles. The molecule has 0 saturated carbocycles. The van der Waals surface area contributed by atoms with E-state index in [1.54, 1.807) is 0 Å². The normalized spacial score (nSPS) is 10.4. The van der Waals surface area contributed by atoms with Crippen LogP contribution in [0.25, 0.3) is 68.5 Å². The Balaban J connectivity index is 0.00000118. The van der Waals surface area contributed by atoms with E-state index in [4.69, 9.17) is 0 Å². The Morgan fingerprint density at radius 2 is 0.925 bits per heavy atom. The van der Waals surface area contributed by atoms with Crippen LogP contribution in [0.4, 0.5) is 0 Å². The van der Waals surface area contributed by atoms with E-state index < -0.39 is 0 Å².